The Morgan fingerprint density at radius 1 is 1.38 bits per heavy atom. The smallest absolute Gasteiger partial charge is 0.269 e. The van der Waals surface area contributed by atoms with Crippen LogP contribution in [0.15, 0.2) is 11.5 Å². The molecule has 12 nitrogen and oxygen atoms in total. The number of nitrogens with two attached hydrogens (primary N) is 1. The van der Waals surface area contributed by atoms with Crippen molar-refractivity contribution in [3.63, 3.8) is 0 Å². The molecular weight excluding hydrogens is 404 g/mol. The highest BCUT2D eigenvalue weighted by atomic mass is 32.2. The first kappa shape index (κ1) is 21.8. The minimum Gasteiger partial charge on any atom is -0.394 e. The Kier molecular flexibility index (Phi) is 6.38. The van der Waals surface area contributed by atoms with Crippen LogP contribution < -0.4 is 10.8 Å². The maximum absolute atomic E-state index is 12.5. The Hall–Kier alpha value is -1.87. The van der Waals surface area contributed by atoms with Gasteiger partial charge in [0.2, 0.25) is 0 Å². The average Bonchev–Trinajstić information content (AvgIpc) is 3.26. The first-order valence-electron chi connectivity index (χ1n) is 8.90. The molecule has 2 aromatic heterocycles. The monoisotopic (exact) mass is 428 g/mol. The van der Waals surface area contributed by atoms with Crippen LogP contribution in [0.3, 0.4) is 0 Å². The molecule has 0 spiro atoms. The van der Waals surface area contributed by atoms with Crippen molar-refractivity contribution in [3.05, 3.63) is 6.33 Å². The Bertz CT molecular complexity index is 894. The molecule has 1 unspecified atom stereocenters. The second-order valence-electron chi connectivity index (χ2n) is 7.01. The fourth-order valence-electron chi connectivity index (χ4n) is 2.95. The highest BCUT2D eigenvalue weighted by Crippen LogP contribution is 2.33. The standard InChI is InChI=1S/C16H24N6O6S/c1-6(2)8(17)14(26)22(27)13-9-12(19-16(20-13)29-3)21(5-18-9)15-11(25)10(24)7(4-23)28-15/h5-8,10-11,15,23-25,27H,4,17H2,1-3H3/t7-,8?,10-,11-,15-/m1/s1. The lowest BCUT2D eigenvalue weighted by Gasteiger charge is -2.21. The van der Waals surface area contributed by atoms with E-state index in [9.17, 15) is 25.3 Å². The topological polar surface area (TPSA) is 180 Å². The molecular formula is C16H24N6O6S. The van der Waals surface area contributed by atoms with E-state index in [1.54, 1.807) is 20.1 Å². The lowest BCUT2D eigenvalue weighted by Crippen LogP contribution is -2.45. The van der Waals surface area contributed by atoms with Crippen molar-refractivity contribution in [3.8, 4) is 0 Å². The molecule has 0 aromatic carbocycles. The van der Waals surface area contributed by atoms with Crippen LogP contribution >= 0.6 is 11.8 Å². The number of anilines is 1. The molecule has 3 heterocycles. The molecule has 1 aliphatic rings. The number of thioether (sulfide) groups is 1. The summed E-state index contributed by atoms with van der Waals surface area (Å²) in [5, 5.41) is 40.7. The summed E-state index contributed by atoms with van der Waals surface area (Å²) in [4.78, 5) is 25.1. The van der Waals surface area contributed by atoms with Gasteiger partial charge >= 0.3 is 0 Å². The van der Waals surface area contributed by atoms with Gasteiger partial charge in [0.25, 0.3) is 5.91 Å². The zero-order valence-electron chi connectivity index (χ0n) is 16.1. The summed E-state index contributed by atoms with van der Waals surface area (Å²) in [6.07, 6.45) is -1.71. The molecule has 1 saturated heterocycles. The number of imidazole rings is 1. The van der Waals surface area contributed by atoms with Crippen molar-refractivity contribution in [2.45, 2.75) is 49.6 Å². The second-order valence-corrected chi connectivity index (χ2v) is 7.78. The number of hydrogen-bond acceptors (Lipinski definition) is 11. The van der Waals surface area contributed by atoms with Crippen LogP contribution in [0.4, 0.5) is 5.82 Å². The van der Waals surface area contributed by atoms with E-state index in [1.165, 1.54) is 22.7 Å². The minimum absolute atomic E-state index is 0.0762. The Morgan fingerprint density at radius 3 is 2.62 bits per heavy atom. The van der Waals surface area contributed by atoms with Gasteiger partial charge in [-0.25, -0.2) is 9.97 Å². The number of carbonyl (C=O) groups excluding carboxylic acids is 1. The largest absolute Gasteiger partial charge is 0.394 e. The van der Waals surface area contributed by atoms with Gasteiger partial charge < -0.3 is 25.8 Å². The van der Waals surface area contributed by atoms with E-state index in [4.69, 9.17) is 10.5 Å². The van der Waals surface area contributed by atoms with E-state index in [0.29, 0.717) is 5.06 Å². The van der Waals surface area contributed by atoms with Gasteiger partial charge in [-0.2, -0.15) is 10.0 Å². The zero-order valence-corrected chi connectivity index (χ0v) is 16.9. The number of rotatable bonds is 6. The number of ether oxygens (including phenoxy) is 1. The number of hydrogen-bond donors (Lipinski definition) is 5. The van der Waals surface area contributed by atoms with Gasteiger partial charge in [-0.05, 0) is 12.2 Å². The number of aliphatic hydroxyl groups excluding tert-OH is 3. The molecule has 1 aliphatic heterocycles. The van der Waals surface area contributed by atoms with Crippen LogP contribution in [0.25, 0.3) is 11.2 Å². The fraction of sp³-hybridized carbons (Fsp3) is 0.625. The van der Waals surface area contributed by atoms with Gasteiger partial charge in [-0.3, -0.25) is 14.6 Å². The van der Waals surface area contributed by atoms with Gasteiger partial charge in [-0.15, -0.1) is 0 Å². The van der Waals surface area contributed by atoms with Crippen molar-refractivity contribution >= 4 is 34.7 Å². The summed E-state index contributed by atoms with van der Waals surface area (Å²) in [5.74, 6) is -1.13. The number of aliphatic hydroxyl groups is 3. The third-order valence-electron chi connectivity index (χ3n) is 4.77. The van der Waals surface area contributed by atoms with Crippen LogP contribution in [-0.2, 0) is 9.53 Å². The van der Waals surface area contributed by atoms with E-state index in [-0.39, 0.29) is 28.1 Å². The minimum atomic E-state index is -1.35. The Labute approximate surface area is 170 Å². The summed E-state index contributed by atoms with van der Waals surface area (Å²) in [5.41, 5.74) is 6.09. The molecule has 0 radical (unpaired) electrons. The molecule has 0 saturated carbocycles. The van der Waals surface area contributed by atoms with Gasteiger partial charge in [-0.1, -0.05) is 25.6 Å². The lowest BCUT2D eigenvalue weighted by molar-refractivity contribution is -0.125. The molecule has 0 aliphatic carbocycles. The molecule has 160 valence electrons. The van der Waals surface area contributed by atoms with Crippen molar-refractivity contribution in [2.24, 2.45) is 11.7 Å². The van der Waals surface area contributed by atoms with E-state index in [2.05, 4.69) is 15.0 Å². The van der Waals surface area contributed by atoms with E-state index >= 15 is 0 Å². The summed E-state index contributed by atoms with van der Waals surface area (Å²) < 4.78 is 6.87. The van der Waals surface area contributed by atoms with Crippen LogP contribution in [-0.4, -0.2) is 83.2 Å². The summed E-state index contributed by atoms with van der Waals surface area (Å²) in [7, 11) is 0. The van der Waals surface area contributed by atoms with E-state index < -0.39 is 43.1 Å². The van der Waals surface area contributed by atoms with Gasteiger partial charge in [0.15, 0.2) is 28.4 Å². The number of hydroxylamine groups is 1. The van der Waals surface area contributed by atoms with Crippen LogP contribution in [0.2, 0.25) is 0 Å². The van der Waals surface area contributed by atoms with E-state index in [0.717, 1.165) is 0 Å². The number of amides is 1. The van der Waals surface area contributed by atoms with Crippen molar-refractivity contribution < 1.29 is 30.1 Å². The molecule has 29 heavy (non-hydrogen) atoms. The quantitative estimate of drug-likeness (QED) is 0.162. The SMILES string of the molecule is CSc1nc(N(O)C(=O)C(N)C(C)C)c2ncn([C@@H]3O[C@H](CO)[C@@H](O)[C@H]3O)c2n1. The molecule has 2 aromatic rings. The van der Waals surface area contributed by atoms with Gasteiger partial charge in [0.05, 0.1) is 19.0 Å². The molecule has 13 heteroatoms. The number of aromatic nitrogens is 4. The number of carbonyl (C=O) groups is 1. The van der Waals surface area contributed by atoms with Crippen molar-refractivity contribution in [1.29, 1.82) is 0 Å². The fourth-order valence-corrected chi connectivity index (χ4v) is 3.30. The normalized spacial score (nSPS) is 25.7. The Morgan fingerprint density at radius 2 is 2.07 bits per heavy atom. The predicted molar refractivity (Wildman–Crippen MR) is 102 cm³/mol. The van der Waals surface area contributed by atoms with Gasteiger partial charge in [0, 0.05) is 0 Å². The zero-order chi connectivity index (χ0) is 21.5. The van der Waals surface area contributed by atoms with Crippen molar-refractivity contribution in [1.82, 2.24) is 19.5 Å². The second kappa shape index (κ2) is 8.47. The maximum Gasteiger partial charge on any atom is 0.269 e. The number of fused-ring (bicyclic) bond motifs is 1. The van der Waals surface area contributed by atoms with Crippen LogP contribution in [0.1, 0.15) is 20.1 Å². The highest BCUT2D eigenvalue weighted by molar-refractivity contribution is 7.98. The van der Waals surface area contributed by atoms with Crippen LogP contribution in [0.5, 0.6) is 0 Å². The number of nitrogens with zero attached hydrogens (tertiary/aromatic N) is 5. The van der Waals surface area contributed by atoms with Gasteiger partial charge in [0.1, 0.15) is 18.3 Å². The summed E-state index contributed by atoms with van der Waals surface area (Å²) in [6, 6.07) is -0.953. The highest BCUT2D eigenvalue weighted by Gasteiger charge is 2.44. The molecule has 5 atom stereocenters. The molecule has 3 rings (SSSR count). The van der Waals surface area contributed by atoms with E-state index in [1.807, 2.05) is 0 Å². The molecule has 0 bridgehead atoms. The summed E-state index contributed by atoms with van der Waals surface area (Å²) in [6.45, 7) is 3.01. The third-order valence-corrected chi connectivity index (χ3v) is 5.32. The average molecular weight is 428 g/mol. The first-order valence-corrected chi connectivity index (χ1v) is 10.1. The van der Waals surface area contributed by atoms with Crippen molar-refractivity contribution in [2.75, 3.05) is 17.9 Å². The predicted octanol–water partition coefficient (Wildman–Crippen LogP) is -1.13. The summed E-state index contributed by atoms with van der Waals surface area (Å²) >= 11 is 1.17. The molecule has 1 amide bonds. The Balaban J connectivity index is 2.07. The third kappa shape index (κ3) is 3.82. The first-order chi connectivity index (χ1) is 13.7. The lowest BCUT2D eigenvalue weighted by atomic mass is 10.1. The maximum atomic E-state index is 12.5. The molecule has 1 fully saturated rings. The molecule has 6 N–H and O–H groups in total. The van der Waals surface area contributed by atoms with Crippen LogP contribution in [0, 0.1) is 5.92 Å².